The first-order chi connectivity index (χ1) is 14.7. The standard InChI is InChI=1S/2C10H11FN2O2S/c2*1-3-8-4-7(6-12)5-9(11)10(8)13-16(2,14)15/h2*1,4-5,13H,6,12H2,2H3. The van der Waals surface area contributed by atoms with E-state index in [1.54, 1.807) is 0 Å². The molecule has 0 radical (unpaired) electrons. The number of hydrogen-bond donors (Lipinski definition) is 4. The largest absolute Gasteiger partial charge is 0.326 e. The molecular weight excluding hydrogens is 462 g/mol. The molecule has 6 N–H and O–H groups in total. The fraction of sp³-hybridized carbons (Fsp3) is 0.200. The molecule has 2 aromatic rings. The van der Waals surface area contributed by atoms with Crippen LogP contribution in [-0.2, 0) is 33.1 Å². The molecule has 0 aliphatic carbocycles. The zero-order valence-corrected chi connectivity index (χ0v) is 18.9. The fourth-order valence-electron chi connectivity index (χ4n) is 2.37. The van der Waals surface area contributed by atoms with Gasteiger partial charge in [0, 0.05) is 13.1 Å². The first kappa shape index (κ1) is 26.9. The van der Waals surface area contributed by atoms with Crippen LogP contribution >= 0.6 is 0 Å². The number of benzene rings is 2. The van der Waals surface area contributed by atoms with Crippen LogP contribution in [0.1, 0.15) is 22.3 Å². The van der Waals surface area contributed by atoms with Crippen molar-refractivity contribution in [1.29, 1.82) is 0 Å². The van der Waals surface area contributed by atoms with E-state index in [2.05, 4.69) is 11.8 Å². The normalized spacial score (nSPS) is 10.9. The fourth-order valence-corrected chi connectivity index (χ4v) is 3.52. The monoisotopic (exact) mass is 484 g/mol. The van der Waals surface area contributed by atoms with Gasteiger partial charge < -0.3 is 11.5 Å². The molecule has 0 aliphatic heterocycles. The summed E-state index contributed by atoms with van der Waals surface area (Å²) in [6.07, 6.45) is 12.2. The molecule has 8 nitrogen and oxygen atoms in total. The van der Waals surface area contributed by atoms with Gasteiger partial charge in [-0.1, -0.05) is 11.8 Å². The predicted molar refractivity (Wildman–Crippen MR) is 121 cm³/mol. The highest BCUT2D eigenvalue weighted by Gasteiger charge is 2.14. The van der Waals surface area contributed by atoms with E-state index in [-0.39, 0.29) is 35.6 Å². The number of anilines is 2. The summed E-state index contributed by atoms with van der Waals surface area (Å²) in [4.78, 5) is 0. The lowest BCUT2D eigenvalue weighted by atomic mass is 10.1. The molecule has 0 amide bonds. The third-order valence-corrected chi connectivity index (χ3v) is 4.81. The average Bonchev–Trinajstić information content (AvgIpc) is 2.69. The number of nitrogens with one attached hydrogen (secondary N) is 2. The third-order valence-electron chi connectivity index (χ3n) is 3.66. The Balaban J connectivity index is 0.000000320. The minimum absolute atomic E-state index is 0.130. The molecule has 172 valence electrons. The number of sulfonamides is 2. The number of rotatable bonds is 6. The highest BCUT2D eigenvalue weighted by atomic mass is 32.2. The molecule has 2 rings (SSSR count). The zero-order valence-electron chi connectivity index (χ0n) is 17.2. The highest BCUT2D eigenvalue weighted by Crippen LogP contribution is 2.23. The van der Waals surface area contributed by atoms with Crippen molar-refractivity contribution in [2.24, 2.45) is 11.5 Å². The van der Waals surface area contributed by atoms with Crippen molar-refractivity contribution < 1.29 is 25.6 Å². The van der Waals surface area contributed by atoms with E-state index in [4.69, 9.17) is 24.3 Å². The van der Waals surface area contributed by atoms with Crippen LogP contribution in [0.5, 0.6) is 0 Å². The molecular formula is C20H22F2N4O4S2. The Morgan fingerprint density at radius 2 is 1.09 bits per heavy atom. The molecule has 2 aromatic carbocycles. The zero-order chi connectivity index (χ0) is 24.7. The van der Waals surface area contributed by atoms with Crippen LogP contribution < -0.4 is 20.9 Å². The molecule has 32 heavy (non-hydrogen) atoms. The number of hydrogen-bond acceptors (Lipinski definition) is 6. The van der Waals surface area contributed by atoms with Gasteiger partial charge in [-0.2, -0.15) is 0 Å². The van der Waals surface area contributed by atoms with E-state index in [1.165, 1.54) is 12.1 Å². The third kappa shape index (κ3) is 8.17. The second-order valence-corrected chi connectivity index (χ2v) is 9.94. The minimum Gasteiger partial charge on any atom is -0.326 e. The van der Waals surface area contributed by atoms with Crippen LogP contribution in [0.25, 0.3) is 0 Å². The molecule has 12 heteroatoms. The predicted octanol–water partition coefficient (Wildman–Crippen LogP) is 1.27. The van der Waals surface area contributed by atoms with Crippen molar-refractivity contribution in [2.75, 3.05) is 22.0 Å². The Hall–Kier alpha value is -3.16. The van der Waals surface area contributed by atoms with Crippen molar-refractivity contribution in [3.8, 4) is 24.7 Å². The summed E-state index contributed by atoms with van der Waals surface area (Å²) < 4.78 is 75.2. The van der Waals surface area contributed by atoms with Gasteiger partial charge in [-0.3, -0.25) is 9.44 Å². The Kier molecular flexibility index (Phi) is 9.18. The van der Waals surface area contributed by atoms with Crippen LogP contribution in [0.15, 0.2) is 24.3 Å². The Morgan fingerprint density at radius 1 is 0.781 bits per heavy atom. The summed E-state index contributed by atoms with van der Waals surface area (Å²) >= 11 is 0. The van der Waals surface area contributed by atoms with Gasteiger partial charge in [0.05, 0.1) is 35.0 Å². The van der Waals surface area contributed by atoms with Gasteiger partial charge in [-0.15, -0.1) is 12.8 Å². The summed E-state index contributed by atoms with van der Waals surface area (Å²) in [5, 5.41) is 0. The summed E-state index contributed by atoms with van der Waals surface area (Å²) in [5.74, 6) is 2.95. The molecule has 0 bridgehead atoms. The number of terminal acetylenes is 2. The quantitative estimate of drug-likeness (QED) is 0.455. The van der Waals surface area contributed by atoms with Gasteiger partial charge in [0.15, 0.2) is 0 Å². The lowest BCUT2D eigenvalue weighted by Crippen LogP contribution is -2.13. The molecule has 0 saturated heterocycles. The SMILES string of the molecule is C#Cc1cc(CN)cc(F)c1NS(C)(=O)=O.C#Cc1cc(CN)cc(F)c1NS(C)(=O)=O. The van der Waals surface area contributed by atoms with E-state index in [0.717, 1.165) is 24.6 Å². The second kappa shape index (κ2) is 10.9. The van der Waals surface area contributed by atoms with Gasteiger partial charge in [0.25, 0.3) is 0 Å². The van der Waals surface area contributed by atoms with Gasteiger partial charge in [0.2, 0.25) is 20.0 Å². The highest BCUT2D eigenvalue weighted by molar-refractivity contribution is 7.92. The van der Waals surface area contributed by atoms with Crippen LogP contribution in [0.3, 0.4) is 0 Å². The van der Waals surface area contributed by atoms with E-state index < -0.39 is 31.7 Å². The molecule has 0 unspecified atom stereocenters. The molecule has 0 aliphatic rings. The van der Waals surface area contributed by atoms with Crippen LogP contribution in [-0.4, -0.2) is 29.3 Å². The van der Waals surface area contributed by atoms with Crippen molar-refractivity contribution in [2.45, 2.75) is 13.1 Å². The Morgan fingerprint density at radius 3 is 1.31 bits per heavy atom. The van der Waals surface area contributed by atoms with Crippen LogP contribution in [0.4, 0.5) is 20.2 Å². The van der Waals surface area contributed by atoms with Gasteiger partial charge in [-0.25, -0.2) is 25.6 Å². The summed E-state index contributed by atoms with van der Waals surface area (Å²) in [6.45, 7) is 0.259. The number of halogens is 2. The molecule has 0 atom stereocenters. The number of nitrogens with two attached hydrogens (primary N) is 2. The minimum atomic E-state index is -3.57. The molecule has 0 heterocycles. The van der Waals surface area contributed by atoms with Gasteiger partial charge >= 0.3 is 0 Å². The topological polar surface area (TPSA) is 144 Å². The summed E-state index contributed by atoms with van der Waals surface area (Å²) in [5.41, 5.74) is 11.5. The summed E-state index contributed by atoms with van der Waals surface area (Å²) in [7, 11) is -7.14. The first-order valence-electron chi connectivity index (χ1n) is 8.68. The molecule has 0 spiro atoms. The molecule has 0 fully saturated rings. The maximum absolute atomic E-state index is 13.5. The first-order valence-corrected chi connectivity index (χ1v) is 12.5. The summed E-state index contributed by atoms with van der Waals surface area (Å²) in [6, 6.07) is 5.23. The van der Waals surface area contributed by atoms with E-state index >= 15 is 0 Å². The van der Waals surface area contributed by atoms with E-state index in [1.807, 2.05) is 9.44 Å². The van der Waals surface area contributed by atoms with Crippen molar-refractivity contribution >= 4 is 31.4 Å². The van der Waals surface area contributed by atoms with Crippen molar-refractivity contribution in [1.82, 2.24) is 0 Å². The average molecular weight is 485 g/mol. The molecule has 0 saturated carbocycles. The smallest absolute Gasteiger partial charge is 0.229 e. The Bertz CT molecular complexity index is 1190. The van der Waals surface area contributed by atoms with Gasteiger partial charge in [-0.05, 0) is 35.4 Å². The maximum Gasteiger partial charge on any atom is 0.229 e. The lowest BCUT2D eigenvalue weighted by molar-refractivity contribution is 0.602. The van der Waals surface area contributed by atoms with Crippen LogP contribution in [0, 0.1) is 36.3 Å². The lowest BCUT2D eigenvalue weighted by Gasteiger charge is -2.09. The van der Waals surface area contributed by atoms with Crippen molar-refractivity contribution in [3.05, 3.63) is 58.2 Å². The van der Waals surface area contributed by atoms with E-state index in [9.17, 15) is 25.6 Å². The molecule has 0 aromatic heterocycles. The van der Waals surface area contributed by atoms with Gasteiger partial charge in [0.1, 0.15) is 11.6 Å². The van der Waals surface area contributed by atoms with E-state index in [0.29, 0.717) is 11.1 Å². The Labute approximate surface area is 186 Å². The van der Waals surface area contributed by atoms with Crippen LogP contribution in [0.2, 0.25) is 0 Å². The second-order valence-electron chi connectivity index (χ2n) is 6.45. The van der Waals surface area contributed by atoms with Crippen molar-refractivity contribution in [3.63, 3.8) is 0 Å². The maximum atomic E-state index is 13.5.